The normalized spacial score (nSPS) is 24.8. The van der Waals surface area contributed by atoms with Crippen LogP contribution in [0.3, 0.4) is 0 Å². The van der Waals surface area contributed by atoms with Crippen LogP contribution in [-0.4, -0.2) is 71.9 Å². The van der Waals surface area contributed by atoms with Gasteiger partial charge < -0.3 is 9.80 Å². The Morgan fingerprint density at radius 2 is 1.35 bits per heavy atom. The fourth-order valence-electron chi connectivity index (χ4n) is 1.58. The maximum absolute atomic E-state index is 4.56. The highest BCUT2D eigenvalue weighted by Crippen LogP contribution is 2.16. The lowest BCUT2D eigenvalue weighted by atomic mass is 10.6. The molecule has 2 heterocycles. The molecule has 0 aromatic rings. The van der Waals surface area contributed by atoms with Gasteiger partial charge in [-0.3, -0.25) is 9.98 Å². The number of halogens is 1. The van der Waals surface area contributed by atoms with Crippen LogP contribution in [0.25, 0.3) is 0 Å². The lowest BCUT2D eigenvalue weighted by molar-refractivity contribution is 0.558. The van der Waals surface area contributed by atoms with Crippen molar-refractivity contribution in [1.82, 2.24) is 9.80 Å². The highest BCUT2D eigenvalue weighted by Gasteiger charge is 2.15. The van der Waals surface area contributed by atoms with E-state index in [0.717, 1.165) is 26.2 Å². The van der Waals surface area contributed by atoms with Crippen LogP contribution in [0, 0.1) is 0 Å². The zero-order valence-electron chi connectivity index (χ0n) is 10.3. The Kier molecular flexibility index (Phi) is 6.51. The Balaban J connectivity index is 0.00000144. The maximum atomic E-state index is 4.56. The Hall–Kier alpha value is -0.0700. The summed E-state index contributed by atoms with van der Waals surface area (Å²) >= 11 is 3.69. The topological polar surface area (TPSA) is 31.2 Å². The quantitative estimate of drug-likeness (QED) is 0.738. The van der Waals surface area contributed by atoms with Crippen LogP contribution in [0.5, 0.6) is 0 Å². The summed E-state index contributed by atoms with van der Waals surface area (Å²) < 4.78 is 0. The first-order valence-electron chi connectivity index (χ1n) is 5.54. The highest BCUT2D eigenvalue weighted by molar-refractivity contribution is 8.14. The highest BCUT2D eigenvalue weighted by atomic mass is 35.5. The average Bonchev–Trinajstić information content (AvgIpc) is 2.84. The number of thioether (sulfide) groups is 2. The predicted molar refractivity (Wildman–Crippen MR) is 82.0 cm³/mol. The zero-order valence-corrected chi connectivity index (χ0v) is 12.7. The van der Waals surface area contributed by atoms with E-state index in [-0.39, 0.29) is 12.4 Å². The lowest BCUT2D eigenvalue weighted by Crippen LogP contribution is -2.20. The molecule has 0 radical (unpaired) electrons. The standard InChI is InChI=1S/C10H18N4S2.ClH/c1-13-5-7-15-9(13)11-3-4-12-10-14(2)6-8-16-10;/h3-8H2,1-2H3;1H. The second kappa shape index (κ2) is 7.38. The molecule has 2 aliphatic rings. The second-order valence-electron chi connectivity index (χ2n) is 3.87. The summed E-state index contributed by atoms with van der Waals surface area (Å²) in [5.74, 6) is 2.34. The first-order chi connectivity index (χ1) is 7.77. The van der Waals surface area contributed by atoms with Gasteiger partial charge >= 0.3 is 0 Å². The van der Waals surface area contributed by atoms with Crippen LogP contribution in [0.1, 0.15) is 0 Å². The van der Waals surface area contributed by atoms with Crippen molar-refractivity contribution in [3.8, 4) is 0 Å². The first kappa shape index (κ1) is 15.0. The second-order valence-corrected chi connectivity index (χ2v) is 5.99. The van der Waals surface area contributed by atoms with Crippen molar-refractivity contribution < 1.29 is 0 Å². The fraction of sp³-hybridized carbons (Fsp3) is 0.800. The smallest absolute Gasteiger partial charge is 0.159 e. The Morgan fingerprint density at radius 1 is 0.941 bits per heavy atom. The van der Waals surface area contributed by atoms with E-state index < -0.39 is 0 Å². The lowest BCUT2D eigenvalue weighted by Gasteiger charge is -2.10. The van der Waals surface area contributed by atoms with Gasteiger partial charge in [0.05, 0.1) is 13.1 Å². The molecule has 0 aliphatic carbocycles. The van der Waals surface area contributed by atoms with E-state index in [0.29, 0.717) is 0 Å². The molecule has 7 heteroatoms. The fourth-order valence-corrected chi connectivity index (χ4v) is 3.67. The molecule has 2 fully saturated rings. The molecular weight excluding hydrogens is 276 g/mol. The zero-order chi connectivity index (χ0) is 11.4. The third-order valence-corrected chi connectivity index (χ3v) is 4.73. The number of aliphatic imine (C=N–C) groups is 2. The van der Waals surface area contributed by atoms with Gasteiger partial charge in [0.25, 0.3) is 0 Å². The van der Waals surface area contributed by atoms with Crippen molar-refractivity contribution in [3.63, 3.8) is 0 Å². The molecule has 0 aromatic carbocycles. The first-order valence-corrected chi connectivity index (χ1v) is 7.51. The molecular formula is C10H19ClN4S2. The van der Waals surface area contributed by atoms with E-state index in [4.69, 9.17) is 0 Å². The van der Waals surface area contributed by atoms with E-state index in [1.165, 1.54) is 21.8 Å². The minimum absolute atomic E-state index is 0. The van der Waals surface area contributed by atoms with Crippen molar-refractivity contribution in [2.75, 3.05) is 51.8 Å². The number of hydrogen-bond acceptors (Lipinski definition) is 4. The van der Waals surface area contributed by atoms with Crippen LogP contribution in [-0.2, 0) is 0 Å². The Bertz CT molecular complexity index is 279. The van der Waals surface area contributed by atoms with E-state index >= 15 is 0 Å². The molecule has 98 valence electrons. The molecule has 0 aromatic heterocycles. The molecule has 0 saturated carbocycles. The monoisotopic (exact) mass is 294 g/mol. The summed E-state index contributed by atoms with van der Waals surface area (Å²) in [7, 11) is 4.21. The van der Waals surface area contributed by atoms with Gasteiger partial charge in [0.1, 0.15) is 0 Å². The summed E-state index contributed by atoms with van der Waals surface area (Å²) in [5, 5.41) is 2.35. The van der Waals surface area contributed by atoms with Crippen LogP contribution >= 0.6 is 35.9 Å². The van der Waals surface area contributed by atoms with E-state index in [2.05, 4.69) is 33.9 Å². The van der Waals surface area contributed by atoms with Gasteiger partial charge in [-0.25, -0.2) is 0 Å². The van der Waals surface area contributed by atoms with Crippen LogP contribution in [0.15, 0.2) is 9.98 Å². The van der Waals surface area contributed by atoms with E-state index in [1.807, 2.05) is 23.5 Å². The summed E-state index contributed by atoms with van der Waals surface area (Å²) in [6.07, 6.45) is 0. The Morgan fingerprint density at radius 3 is 1.65 bits per heavy atom. The van der Waals surface area contributed by atoms with Gasteiger partial charge in [-0.05, 0) is 0 Å². The van der Waals surface area contributed by atoms with Gasteiger partial charge in [-0.1, -0.05) is 23.5 Å². The SMILES string of the molecule is CN1CCSC1=NCCN=C1SCCN1C.Cl. The Labute approximate surface area is 118 Å². The largest absolute Gasteiger partial charge is 0.354 e. The number of nitrogens with zero attached hydrogens (tertiary/aromatic N) is 4. The summed E-state index contributed by atoms with van der Waals surface area (Å²) in [5.41, 5.74) is 0. The predicted octanol–water partition coefficient (Wildman–Crippen LogP) is 1.48. The molecule has 0 atom stereocenters. The van der Waals surface area contributed by atoms with Crippen molar-refractivity contribution in [2.24, 2.45) is 9.98 Å². The third-order valence-electron chi connectivity index (χ3n) is 2.56. The molecule has 4 nitrogen and oxygen atoms in total. The summed E-state index contributed by atoms with van der Waals surface area (Å²) in [4.78, 5) is 13.6. The molecule has 2 saturated heterocycles. The molecule has 17 heavy (non-hydrogen) atoms. The minimum Gasteiger partial charge on any atom is -0.354 e. The van der Waals surface area contributed by atoms with Gasteiger partial charge in [0.2, 0.25) is 0 Å². The average molecular weight is 295 g/mol. The molecule has 0 spiro atoms. The van der Waals surface area contributed by atoms with Gasteiger partial charge in [0.15, 0.2) is 10.3 Å². The molecule has 0 N–H and O–H groups in total. The summed E-state index contributed by atoms with van der Waals surface area (Å²) in [6.45, 7) is 3.86. The van der Waals surface area contributed by atoms with Crippen molar-refractivity contribution in [3.05, 3.63) is 0 Å². The maximum Gasteiger partial charge on any atom is 0.159 e. The van der Waals surface area contributed by atoms with Crippen LogP contribution in [0.2, 0.25) is 0 Å². The third kappa shape index (κ3) is 4.26. The van der Waals surface area contributed by atoms with Crippen LogP contribution < -0.4 is 0 Å². The number of hydrogen-bond donors (Lipinski definition) is 0. The number of rotatable bonds is 3. The molecule has 0 amide bonds. The molecule has 0 unspecified atom stereocenters. The molecule has 2 aliphatic heterocycles. The van der Waals surface area contributed by atoms with E-state index in [9.17, 15) is 0 Å². The van der Waals surface area contributed by atoms with Crippen LogP contribution in [0.4, 0.5) is 0 Å². The van der Waals surface area contributed by atoms with Gasteiger partial charge in [-0.2, -0.15) is 0 Å². The van der Waals surface area contributed by atoms with E-state index in [1.54, 1.807) is 0 Å². The molecule has 0 bridgehead atoms. The molecule has 2 rings (SSSR count). The van der Waals surface area contributed by atoms with Crippen molar-refractivity contribution in [1.29, 1.82) is 0 Å². The van der Waals surface area contributed by atoms with Gasteiger partial charge in [-0.15, -0.1) is 12.4 Å². The minimum atomic E-state index is 0. The van der Waals surface area contributed by atoms with Crippen molar-refractivity contribution >= 4 is 46.3 Å². The number of amidine groups is 2. The van der Waals surface area contributed by atoms with Gasteiger partial charge in [0, 0.05) is 38.7 Å². The summed E-state index contributed by atoms with van der Waals surface area (Å²) in [6, 6.07) is 0. The van der Waals surface area contributed by atoms with Crippen molar-refractivity contribution in [2.45, 2.75) is 0 Å².